The van der Waals surface area contributed by atoms with Crippen molar-refractivity contribution < 1.29 is 27.4 Å². The number of nitrogens with one attached hydrogen (secondary N) is 1. The van der Waals surface area contributed by atoms with Crippen LogP contribution in [0.15, 0.2) is 42.6 Å². The molecule has 1 aromatic carbocycles. The number of allylic oxidation sites excluding steroid dienone is 1. The molecule has 31 heavy (non-hydrogen) atoms. The number of amides is 1. The molecule has 1 aromatic heterocycles. The van der Waals surface area contributed by atoms with Crippen LogP contribution in [0.4, 0.5) is 13.2 Å². The topological polar surface area (TPSA) is 60.5 Å². The highest BCUT2D eigenvalue weighted by Gasteiger charge is 2.31. The highest BCUT2D eigenvalue weighted by molar-refractivity contribution is 6.18. The zero-order valence-electron chi connectivity index (χ0n) is 18.0. The molecule has 0 atom stereocenters. The Morgan fingerprint density at radius 1 is 1.19 bits per heavy atom. The van der Waals surface area contributed by atoms with Gasteiger partial charge in [0.2, 0.25) is 0 Å². The summed E-state index contributed by atoms with van der Waals surface area (Å²) in [5.41, 5.74) is 0.530. The first-order valence-corrected chi connectivity index (χ1v) is 9.99. The molecule has 2 aromatic rings. The van der Waals surface area contributed by atoms with Crippen LogP contribution in [0.5, 0.6) is 11.5 Å². The molecular weight excluding hydrogens is 409 g/mol. The second-order valence-corrected chi connectivity index (χ2v) is 7.18. The summed E-state index contributed by atoms with van der Waals surface area (Å²) >= 11 is 0. The van der Waals surface area contributed by atoms with Gasteiger partial charge in [-0.2, -0.15) is 13.2 Å². The van der Waals surface area contributed by atoms with E-state index in [1.54, 1.807) is 13.2 Å². The van der Waals surface area contributed by atoms with E-state index in [0.29, 0.717) is 31.1 Å². The fourth-order valence-corrected chi connectivity index (χ4v) is 2.89. The molecule has 0 aliphatic rings. The van der Waals surface area contributed by atoms with Gasteiger partial charge < -0.3 is 14.8 Å². The highest BCUT2D eigenvalue weighted by Crippen LogP contribution is 2.30. The molecule has 1 amide bonds. The summed E-state index contributed by atoms with van der Waals surface area (Å²) in [6.45, 7) is 6.50. The summed E-state index contributed by atoms with van der Waals surface area (Å²) in [6.07, 6.45) is -1.51. The molecule has 0 radical (unpaired) electrons. The standard InChI is InChI=1S/C23H27F3N2O3/c1-5-31-20-9-6-16(13-21(20)30-4)10-11-27-22(29)18(12-15(2)3)19-8-7-17(14-28-19)23(24,25)26/h6-9,12-15H,5,10-11H2,1-4H3,(H,27,29)/b18-12-. The zero-order valence-corrected chi connectivity index (χ0v) is 18.0. The van der Waals surface area contributed by atoms with E-state index < -0.39 is 11.7 Å². The average molecular weight is 436 g/mol. The van der Waals surface area contributed by atoms with E-state index in [0.717, 1.165) is 17.8 Å². The van der Waals surface area contributed by atoms with Crippen LogP contribution in [-0.4, -0.2) is 31.2 Å². The first-order valence-electron chi connectivity index (χ1n) is 9.99. The normalized spacial score (nSPS) is 12.1. The van der Waals surface area contributed by atoms with Crippen LogP contribution in [0, 0.1) is 5.92 Å². The molecule has 0 spiro atoms. The molecule has 0 aliphatic heterocycles. The minimum Gasteiger partial charge on any atom is -0.493 e. The third-order valence-corrected chi connectivity index (χ3v) is 4.34. The third-order valence-electron chi connectivity index (χ3n) is 4.34. The molecule has 0 saturated carbocycles. The van der Waals surface area contributed by atoms with Crippen molar-refractivity contribution in [2.75, 3.05) is 20.3 Å². The number of hydrogen-bond acceptors (Lipinski definition) is 4. The second-order valence-electron chi connectivity index (χ2n) is 7.18. The lowest BCUT2D eigenvalue weighted by molar-refractivity contribution is -0.137. The Hall–Kier alpha value is -3.03. The van der Waals surface area contributed by atoms with E-state index >= 15 is 0 Å². The number of hydrogen-bond donors (Lipinski definition) is 1. The molecule has 8 heteroatoms. The van der Waals surface area contributed by atoms with E-state index in [1.165, 1.54) is 6.07 Å². The van der Waals surface area contributed by atoms with E-state index in [9.17, 15) is 18.0 Å². The van der Waals surface area contributed by atoms with Crippen molar-refractivity contribution >= 4 is 11.5 Å². The van der Waals surface area contributed by atoms with Crippen LogP contribution in [-0.2, 0) is 17.4 Å². The van der Waals surface area contributed by atoms with Gasteiger partial charge in [-0.3, -0.25) is 9.78 Å². The summed E-state index contributed by atoms with van der Waals surface area (Å²) in [5, 5.41) is 2.82. The van der Waals surface area contributed by atoms with Crippen LogP contribution < -0.4 is 14.8 Å². The summed E-state index contributed by atoms with van der Waals surface area (Å²) < 4.78 is 49.2. The van der Waals surface area contributed by atoms with Gasteiger partial charge in [-0.25, -0.2) is 0 Å². The van der Waals surface area contributed by atoms with Crippen molar-refractivity contribution in [3.63, 3.8) is 0 Å². The Labute approximate surface area is 180 Å². The number of methoxy groups -OCH3 is 1. The number of rotatable bonds is 9. The van der Waals surface area contributed by atoms with Gasteiger partial charge in [-0.15, -0.1) is 0 Å². The van der Waals surface area contributed by atoms with Gasteiger partial charge >= 0.3 is 6.18 Å². The van der Waals surface area contributed by atoms with Crippen LogP contribution in [0.2, 0.25) is 0 Å². The van der Waals surface area contributed by atoms with Gasteiger partial charge in [-0.05, 0) is 49.1 Å². The van der Waals surface area contributed by atoms with Gasteiger partial charge in [-0.1, -0.05) is 26.0 Å². The zero-order chi connectivity index (χ0) is 23.0. The molecule has 0 saturated heterocycles. The summed E-state index contributed by atoms with van der Waals surface area (Å²) in [5.74, 6) is 0.882. The van der Waals surface area contributed by atoms with Gasteiger partial charge in [0, 0.05) is 12.7 Å². The van der Waals surface area contributed by atoms with Gasteiger partial charge in [0.05, 0.1) is 30.5 Å². The Bertz CT molecular complexity index is 907. The molecule has 5 nitrogen and oxygen atoms in total. The van der Waals surface area contributed by atoms with Crippen LogP contribution in [0.3, 0.4) is 0 Å². The molecule has 168 valence electrons. The quantitative estimate of drug-likeness (QED) is 0.568. The molecule has 0 bridgehead atoms. The fraction of sp³-hybridized carbons (Fsp3) is 0.391. The number of nitrogens with zero attached hydrogens (tertiary/aromatic N) is 1. The molecular formula is C23H27F3N2O3. The summed E-state index contributed by atoms with van der Waals surface area (Å²) in [7, 11) is 1.56. The lowest BCUT2D eigenvalue weighted by Crippen LogP contribution is -2.27. The smallest absolute Gasteiger partial charge is 0.417 e. The molecule has 0 aliphatic carbocycles. The SMILES string of the molecule is CCOc1ccc(CCNC(=O)/C(=C\C(C)C)c2ccc(C(F)(F)F)cn2)cc1OC. The predicted octanol–water partition coefficient (Wildman–Crippen LogP) is 4.91. The first-order chi connectivity index (χ1) is 14.7. The largest absolute Gasteiger partial charge is 0.493 e. The second kappa shape index (κ2) is 10.8. The number of pyridine rings is 1. The molecule has 1 N–H and O–H groups in total. The lowest BCUT2D eigenvalue weighted by Gasteiger charge is -2.13. The molecule has 2 rings (SSSR count). The first kappa shape index (κ1) is 24.2. The monoisotopic (exact) mass is 436 g/mol. The van der Waals surface area contributed by atoms with Crippen molar-refractivity contribution in [3.05, 3.63) is 59.4 Å². The number of aromatic nitrogens is 1. The highest BCUT2D eigenvalue weighted by atomic mass is 19.4. The number of benzene rings is 1. The molecule has 0 fully saturated rings. The van der Waals surface area contributed by atoms with Crippen LogP contribution >= 0.6 is 0 Å². The summed E-state index contributed by atoms with van der Waals surface area (Å²) in [6, 6.07) is 7.70. The Morgan fingerprint density at radius 3 is 2.48 bits per heavy atom. The third kappa shape index (κ3) is 7.01. The van der Waals surface area contributed by atoms with Crippen molar-refractivity contribution in [2.45, 2.75) is 33.4 Å². The van der Waals surface area contributed by atoms with Crippen LogP contribution in [0.25, 0.3) is 5.57 Å². The van der Waals surface area contributed by atoms with Crippen molar-refractivity contribution in [1.82, 2.24) is 10.3 Å². The minimum absolute atomic E-state index is 0.0141. The maximum atomic E-state index is 12.8. The lowest BCUT2D eigenvalue weighted by atomic mass is 10.0. The number of carbonyl (C=O) groups is 1. The number of carbonyl (C=O) groups excluding carboxylic acids is 1. The van der Waals surface area contributed by atoms with Crippen molar-refractivity contribution in [3.8, 4) is 11.5 Å². The van der Waals surface area contributed by atoms with E-state index in [-0.39, 0.29) is 23.1 Å². The number of alkyl halides is 3. The number of ether oxygens (including phenoxy) is 2. The van der Waals surface area contributed by atoms with Crippen LogP contribution in [0.1, 0.15) is 37.6 Å². The molecule has 0 unspecified atom stereocenters. The molecule has 1 heterocycles. The van der Waals surface area contributed by atoms with E-state index in [1.807, 2.05) is 39.0 Å². The number of halogens is 3. The Kier molecular flexibility index (Phi) is 8.47. The van der Waals surface area contributed by atoms with E-state index in [4.69, 9.17) is 9.47 Å². The summed E-state index contributed by atoms with van der Waals surface area (Å²) in [4.78, 5) is 16.6. The Morgan fingerprint density at radius 2 is 1.94 bits per heavy atom. The average Bonchev–Trinajstić information content (AvgIpc) is 2.72. The Balaban J connectivity index is 2.08. The fourth-order valence-electron chi connectivity index (χ4n) is 2.89. The van der Waals surface area contributed by atoms with Gasteiger partial charge in [0.25, 0.3) is 5.91 Å². The van der Waals surface area contributed by atoms with Crippen molar-refractivity contribution in [1.29, 1.82) is 0 Å². The minimum atomic E-state index is -4.48. The van der Waals surface area contributed by atoms with Gasteiger partial charge in [0.15, 0.2) is 11.5 Å². The van der Waals surface area contributed by atoms with E-state index in [2.05, 4.69) is 10.3 Å². The maximum absolute atomic E-state index is 12.8. The van der Waals surface area contributed by atoms with Gasteiger partial charge in [0.1, 0.15) is 0 Å². The van der Waals surface area contributed by atoms with Crippen molar-refractivity contribution in [2.24, 2.45) is 5.92 Å². The maximum Gasteiger partial charge on any atom is 0.417 e. The predicted molar refractivity (Wildman–Crippen MR) is 113 cm³/mol.